The maximum absolute atomic E-state index is 12.8. The summed E-state index contributed by atoms with van der Waals surface area (Å²) in [5.41, 5.74) is 2.70. The minimum atomic E-state index is -3.48. The predicted octanol–water partition coefficient (Wildman–Crippen LogP) is 4.07. The fourth-order valence-electron chi connectivity index (χ4n) is 4.45. The van der Waals surface area contributed by atoms with Crippen molar-refractivity contribution in [2.24, 2.45) is 0 Å². The first-order valence-electron chi connectivity index (χ1n) is 10.2. The molecule has 0 amide bonds. The molecular formula is C23H28N2O2S. The van der Waals surface area contributed by atoms with Crippen LogP contribution in [0.5, 0.6) is 0 Å². The van der Waals surface area contributed by atoms with Crippen LogP contribution in [0.3, 0.4) is 0 Å². The van der Waals surface area contributed by atoms with Crippen LogP contribution in [0.4, 0.5) is 0 Å². The highest BCUT2D eigenvalue weighted by Gasteiger charge is 2.33. The zero-order valence-corrected chi connectivity index (χ0v) is 16.9. The van der Waals surface area contributed by atoms with Crippen LogP contribution in [0, 0.1) is 0 Å². The maximum atomic E-state index is 12.8. The molecule has 4 rings (SSSR count). The highest BCUT2D eigenvalue weighted by molar-refractivity contribution is 7.89. The molecule has 0 aromatic heterocycles. The van der Waals surface area contributed by atoms with E-state index >= 15 is 0 Å². The van der Waals surface area contributed by atoms with Gasteiger partial charge in [0.25, 0.3) is 0 Å². The topological polar surface area (TPSA) is 49.4 Å². The van der Waals surface area contributed by atoms with Crippen molar-refractivity contribution in [1.82, 2.24) is 9.62 Å². The van der Waals surface area contributed by atoms with Gasteiger partial charge in [-0.05, 0) is 42.5 Å². The highest BCUT2D eigenvalue weighted by Crippen LogP contribution is 2.29. The molecule has 2 aliphatic rings. The van der Waals surface area contributed by atoms with E-state index in [-0.39, 0.29) is 12.1 Å². The molecule has 5 heteroatoms. The van der Waals surface area contributed by atoms with Gasteiger partial charge in [-0.2, -0.15) is 0 Å². The van der Waals surface area contributed by atoms with E-state index in [1.165, 1.54) is 17.6 Å². The standard InChI is InChI=1S/C23H28N2O2S/c26-28(27,21-11-5-2-6-12-21)24-22-13-7-8-14-23(22)25-17-15-20(16-18-25)19-9-3-1-4-10-19/h1-6,9-12,15,22-24H,7-8,13-14,16-18H2. The SMILES string of the molecule is O=S(=O)(NC1CCCCC1N1CC=C(c2ccccc2)CC1)c1ccccc1. The van der Waals surface area contributed by atoms with Crippen LogP contribution in [0.15, 0.2) is 71.6 Å². The summed E-state index contributed by atoms with van der Waals surface area (Å²) in [4.78, 5) is 2.81. The average molecular weight is 397 g/mol. The third-order valence-electron chi connectivity index (χ3n) is 5.94. The van der Waals surface area contributed by atoms with Crippen LogP contribution in [0.2, 0.25) is 0 Å². The van der Waals surface area contributed by atoms with Crippen molar-refractivity contribution in [1.29, 1.82) is 0 Å². The molecule has 1 aliphatic carbocycles. The fraction of sp³-hybridized carbons (Fsp3) is 0.391. The first kappa shape index (κ1) is 19.4. The minimum Gasteiger partial charge on any atom is -0.295 e. The largest absolute Gasteiger partial charge is 0.295 e. The Morgan fingerprint density at radius 3 is 2.25 bits per heavy atom. The molecule has 1 fully saturated rings. The molecule has 4 nitrogen and oxygen atoms in total. The van der Waals surface area contributed by atoms with Gasteiger partial charge >= 0.3 is 0 Å². The Morgan fingerprint density at radius 2 is 1.57 bits per heavy atom. The Kier molecular flexibility index (Phi) is 5.95. The molecular weight excluding hydrogens is 368 g/mol. The molecule has 1 N–H and O–H groups in total. The monoisotopic (exact) mass is 396 g/mol. The molecule has 28 heavy (non-hydrogen) atoms. The first-order chi connectivity index (χ1) is 13.6. The lowest BCUT2D eigenvalue weighted by atomic mass is 9.88. The van der Waals surface area contributed by atoms with E-state index in [1.807, 2.05) is 12.1 Å². The van der Waals surface area contributed by atoms with Crippen molar-refractivity contribution in [3.05, 3.63) is 72.3 Å². The van der Waals surface area contributed by atoms with Gasteiger partial charge in [-0.1, -0.05) is 67.4 Å². The molecule has 1 saturated carbocycles. The van der Waals surface area contributed by atoms with Gasteiger partial charge in [0.2, 0.25) is 10.0 Å². The van der Waals surface area contributed by atoms with Crippen molar-refractivity contribution >= 4 is 15.6 Å². The van der Waals surface area contributed by atoms with E-state index < -0.39 is 10.0 Å². The summed E-state index contributed by atoms with van der Waals surface area (Å²) in [6.45, 7) is 1.87. The zero-order chi connectivity index (χ0) is 19.4. The average Bonchev–Trinajstić information content (AvgIpc) is 2.75. The minimum absolute atomic E-state index is 0.0226. The number of rotatable bonds is 5. The predicted molar refractivity (Wildman–Crippen MR) is 113 cm³/mol. The summed E-state index contributed by atoms with van der Waals surface area (Å²) in [5, 5.41) is 0. The number of nitrogens with zero attached hydrogens (tertiary/aromatic N) is 1. The fourth-order valence-corrected chi connectivity index (χ4v) is 5.78. The summed E-state index contributed by atoms with van der Waals surface area (Å²) >= 11 is 0. The summed E-state index contributed by atoms with van der Waals surface area (Å²) in [7, 11) is -3.48. The van der Waals surface area contributed by atoms with Crippen LogP contribution in [0.1, 0.15) is 37.7 Å². The Labute approximate surface area is 168 Å². The lowest BCUT2D eigenvalue weighted by Crippen LogP contribution is -2.54. The van der Waals surface area contributed by atoms with Gasteiger partial charge in [0.1, 0.15) is 0 Å². The van der Waals surface area contributed by atoms with Gasteiger partial charge in [0.15, 0.2) is 0 Å². The summed E-state index contributed by atoms with van der Waals surface area (Å²) in [6.07, 6.45) is 7.53. The van der Waals surface area contributed by atoms with Crippen LogP contribution in [-0.4, -0.2) is 38.5 Å². The number of nitrogens with one attached hydrogen (secondary N) is 1. The Morgan fingerprint density at radius 1 is 0.893 bits per heavy atom. The van der Waals surface area contributed by atoms with Crippen molar-refractivity contribution in [2.75, 3.05) is 13.1 Å². The molecule has 0 radical (unpaired) electrons. The van der Waals surface area contributed by atoms with Gasteiger partial charge < -0.3 is 0 Å². The number of hydrogen-bond donors (Lipinski definition) is 1. The zero-order valence-electron chi connectivity index (χ0n) is 16.1. The smallest absolute Gasteiger partial charge is 0.240 e. The molecule has 148 valence electrons. The molecule has 1 aliphatic heterocycles. The molecule has 2 aromatic rings. The van der Waals surface area contributed by atoms with Crippen molar-refractivity contribution in [3.63, 3.8) is 0 Å². The van der Waals surface area contributed by atoms with Crippen molar-refractivity contribution in [3.8, 4) is 0 Å². The van der Waals surface area contributed by atoms with Crippen molar-refractivity contribution < 1.29 is 8.42 Å². The summed E-state index contributed by atoms with van der Waals surface area (Å²) < 4.78 is 28.7. The number of sulfonamides is 1. The summed E-state index contributed by atoms with van der Waals surface area (Å²) in [5.74, 6) is 0. The Hall–Kier alpha value is -1.95. The first-order valence-corrected chi connectivity index (χ1v) is 11.7. The molecule has 2 aromatic carbocycles. The molecule has 0 spiro atoms. The number of hydrogen-bond acceptors (Lipinski definition) is 3. The second-order valence-corrected chi connectivity index (χ2v) is 9.45. The molecule has 0 bridgehead atoms. The third-order valence-corrected chi connectivity index (χ3v) is 7.45. The van der Waals surface area contributed by atoms with Crippen LogP contribution in [-0.2, 0) is 10.0 Å². The Balaban J connectivity index is 1.47. The van der Waals surface area contributed by atoms with Gasteiger partial charge in [0.05, 0.1) is 4.90 Å². The van der Waals surface area contributed by atoms with E-state index in [1.54, 1.807) is 24.3 Å². The van der Waals surface area contributed by atoms with Crippen LogP contribution < -0.4 is 4.72 Å². The van der Waals surface area contributed by atoms with Gasteiger partial charge in [-0.25, -0.2) is 13.1 Å². The van der Waals surface area contributed by atoms with E-state index in [0.29, 0.717) is 4.90 Å². The molecule has 2 unspecified atom stereocenters. The van der Waals surface area contributed by atoms with E-state index in [0.717, 1.165) is 38.8 Å². The van der Waals surface area contributed by atoms with Gasteiger partial charge in [-0.3, -0.25) is 4.90 Å². The highest BCUT2D eigenvalue weighted by atomic mass is 32.2. The number of benzene rings is 2. The summed E-state index contributed by atoms with van der Waals surface area (Å²) in [6, 6.07) is 19.5. The van der Waals surface area contributed by atoms with Gasteiger partial charge in [-0.15, -0.1) is 0 Å². The quantitative estimate of drug-likeness (QED) is 0.829. The molecule has 1 heterocycles. The lowest BCUT2D eigenvalue weighted by molar-refractivity contribution is 0.144. The molecule has 0 saturated heterocycles. The van der Waals surface area contributed by atoms with Crippen molar-refractivity contribution in [2.45, 2.75) is 49.1 Å². The second kappa shape index (κ2) is 8.60. The van der Waals surface area contributed by atoms with Crippen LogP contribution in [0.25, 0.3) is 5.57 Å². The lowest BCUT2D eigenvalue weighted by Gasteiger charge is -2.41. The third kappa shape index (κ3) is 4.37. The maximum Gasteiger partial charge on any atom is 0.240 e. The Bertz CT molecular complexity index is 910. The van der Waals surface area contributed by atoms with E-state index in [4.69, 9.17) is 0 Å². The van der Waals surface area contributed by atoms with Crippen LogP contribution >= 0.6 is 0 Å². The van der Waals surface area contributed by atoms with E-state index in [9.17, 15) is 8.42 Å². The molecule has 2 atom stereocenters. The second-order valence-electron chi connectivity index (χ2n) is 7.73. The van der Waals surface area contributed by atoms with E-state index in [2.05, 4.69) is 40.0 Å². The van der Waals surface area contributed by atoms with Gasteiger partial charge in [0, 0.05) is 25.2 Å². The normalized spacial score (nSPS) is 23.9.